The van der Waals surface area contributed by atoms with Gasteiger partial charge in [0.25, 0.3) is 0 Å². The number of thiazole rings is 1. The summed E-state index contributed by atoms with van der Waals surface area (Å²) in [5.74, 6) is 0.0785. The Morgan fingerprint density at radius 3 is 2.63 bits per heavy atom. The van der Waals surface area contributed by atoms with Crippen molar-refractivity contribution in [3.63, 3.8) is 0 Å². The normalized spacial score (nSPS) is 10.4. The highest BCUT2D eigenvalue weighted by molar-refractivity contribution is 7.09. The molecule has 0 unspecified atom stereocenters. The molecule has 1 amide bonds. The smallest absolute Gasteiger partial charge is 0.220 e. The second-order valence-electron chi connectivity index (χ2n) is 4.37. The van der Waals surface area contributed by atoms with Gasteiger partial charge in [-0.3, -0.25) is 4.79 Å². The summed E-state index contributed by atoms with van der Waals surface area (Å²) in [7, 11) is 0. The van der Waals surface area contributed by atoms with Gasteiger partial charge in [0.1, 0.15) is 5.01 Å². The second-order valence-corrected chi connectivity index (χ2v) is 5.35. The summed E-state index contributed by atoms with van der Waals surface area (Å²) in [5, 5.41) is 5.75. The van der Waals surface area contributed by atoms with Crippen molar-refractivity contribution in [1.29, 1.82) is 0 Å². The van der Waals surface area contributed by atoms with Crippen molar-refractivity contribution in [3.8, 4) is 0 Å². The molecule has 0 spiro atoms. The van der Waals surface area contributed by atoms with Crippen molar-refractivity contribution in [2.45, 2.75) is 32.7 Å². The summed E-state index contributed by atoms with van der Waals surface area (Å²) in [5.41, 5.74) is 2.54. The first kappa shape index (κ1) is 13.7. The second kappa shape index (κ2) is 7.04. The quantitative estimate of drug-likeness (QED) is 0.880. The number of amides is 1. The number of carbonyl (C=O) groups is 1. The standard InChI is InChI=1S/C15H18N2OS/c1-2-12-3-5-13(6-4-12)7-8-14(18)17-11-15-16-9-10-19-15/h3-6,9-10H,2,7-8,11H2,1H3,(H,17,18). The summed E-state index contributed by atoms with van der Waals surface area (Å²) in [6, 6.07) is 8.46. The van der Waals surface area contributed by atoms with Gasteiger partial charge in [-0.15, -0.1) is 11.3 Å². The molecule has 2 aromatic rings. The molecular weight excluding hydrogens is 256 g/mol. The minimum atomic E-state index is 0.0785. The Balaban J connectivity index is 1.73. The summed E-state index contributed by atoms with van der Waals surface area (Å²) >= 11 is 1.56. The zero-order valence-electron chi connectivity index (χ0n) is 11.1. The fourth-order valence-corrected chi connectivity index (χ4v) is 2.36. The predicted molar refractivity (Wildman–Crippen MR) is 78.1 cm³/mol. The number of nitrogens with one attached hydrogen (secondary N) is 1. The van der Waals surface area contributed by atoms with Crippen LogP contribution in [0.2, 0.25) is 0 Å². The largest absolute Gasteiger partial charge is 0.350 e. The van der Waals surface area contributed by atoms with Gasteiger partial charge in [-0.05, 0) is 24.0 Å². The van der Waals surface area contributed by atoms with Gasteiger partial charge in [-0.2, -0.15) is 0 Å². The average molecular weight is 274 g/mol. The Morgan fingerprint density at radius 1 is 1.26 bits per heavy atom. The van der Waals surface area contributed by atoms with Crippen LogP contribution >= 0.6 is 11.3 Å². The number of aryl methyl sites for hydroxylation is 2. The number of hydrogen-bond acceptors (Lipinski definition) is 3. The van der Waals surface area contributed by atoms with Crippen LogP contribution in [0.1, 0.15) is 29.5 Å². The SMILES string of the molecule is CCc1ccc(CCC(=O)NCc2nccs2)cc1. The minimum Gasteiger partial charge on any atom is -0.350 e. The van der Waals surface area contributed by atoms with Gasteiger partial charge >= 0.3 is 0 Å². The van der Waals surface area contributed by atoms with Crippen LogP contribution in [-0.2, 0) is 24.2 Å². The Hall–Kier alpha value is -1.68. The van der Waals surface area contributed by atoms with Crippen LogP contribution < -0.4 is 5.32 Å². The molecule has 1 aromatic heterocycles. The van der Waals surface area contributed by atoms with E-state index in [1.165, 1.54) is 11.1 Å². The van der Waals surface area contributed by atoms with Crippen LogP contribution in [0, 0.1) is 0 Å². The van der Waals surface area contributed by atoms with E-state index >= 15 is 0 Å². The maximum absolute atomic E-state index is 11.7. The molecule has 0 radical (unpaired) electrons. The van der Waals surface area contributed by atoms with E-state index in [9.17, 15) is 4.79 Å². The molecular formula is C15H18N2OS. The Labute approximate surface area is 117 Å². The monoisotopic (exact) mass is 274 g/mol. The van der Waals surface area contributed by atoms with Gasteiger partial charge in [0.2, 0.25) is 5.91 Å². The first-order valence-electron chi connectivity index (χ1n) is 6.51. The number of carbonyl (C=O) groups excluding carboxylic acids is 1. The van der Waals surface area contributed by atoms with Crippen molar-refractivity contribution in [1.82, 2.24) is 10.3 Å². The fraction of sp³-hybridized carbons (Fsp3) is 0.333. The van der Waals surface area contributed by atoms with Crippen LogP contribution in [0.25, 0.3) is 0 Å². The molecule has 2 rings (SSSR count). The van der Waals surface area contributed by atoms with E-state index in [-0.39, 0.29) is 5.91 Å². The molecule has 4 heteroatoms. The lowest BCUT2D eigenvalue weighted by Gasteiger charge is -2.04. The highest BCUT2D eigenvalue weighted by atomic mass is 32.1. The molecule has 0 bridgehead atoms. The maximum atomic E-state index is 11.7. The van der Waals surface area contributed by atoms with Crippen LogP contribution in [0.4, 0.5) is 0 Å². The molecule has 3 nitrogen and oxygen atoms in total. The van der Waals surface area contributed by atoms with Crippen molar-refractivity contribution in [2.24, 2.45) is 0 Å². The molecule has 0 fully saturated rings. The lowest BCUT2D eigenvalue weighted by molar-refractivity contribution is -0.121. The maximum Gasteiger partial charge on any atom is 0.220 e. The molecule has 1 aromatic carbocycles. The number of benzene rings is 1. The molecule has 0 aliphatic carbocycles. The Morgan fingerprint density at radius 2 is 2.00 bits per heavy atom. The molecule has 1 N–H and O–H groups in total. The van der Waals surface area contributed by atoms with E-state index in [0.29, 0.717) is 13.0 Å². The first-order valence-corrected chi connectivity index (χ1v) is 7.38. The van der Waals surface area contributed by atoms with Gasteiger partial charge in [0, 0.05) is 18.0 Å². The lowest BCUT2D eigenvalue weighted by atomic mass is 10.1. The van der Waals surface area contributed by atoms with E-state index < -0.39 is 0 Å². The van der Waals surface area contributed by atoms with Crippen molar-refractivity contribution in [3.05, 3.63) is 52.0 Å². The van der Waals surface area contributed by atoms with Gasteiger partial charge in [-0.1, -0.05) is 31.2 Å². The molecule has 100 valence electrons. The highest BCUT2D eigenvalue weighted by Gasteiger charge is 2.03. The lowest BCUT2D eigenvalue weighted by Crippen LogP contribution is -2.22. The zero-order valence-corrected chi connectivity index (χ0v) is 11.9. The number of nitrogens with zero attached hydrogens (tertiary/aromatic N) is 1. The number of hydrogen-bond donors (Lipinski definition) is 1. The topological polar surface area (TPSA) is 42.0 Å². The molecule has 0 saturated heterocycles. The van der Waals surface area contributed by atoms with Crippen LogP contribution in [0.5, 0.6) is 0 Å². The molecule has 19 heavy (non-hydrogen) atoms. The highest BCUT2D eigenvalue weighted by Crippen LogP contribution is 2.08. The predicted octanol–water partition coefficient (Wildman–Crippen LogP) is 2.95. The van der Waals surface area contributed by atoms with E-state index in [0.717, 1.165) is 17.8 Å². The molecule has 0 saturated carbocycles. The molecule has 0 aliphatic heterocycles. The van der Waals surface area contributed by atoms with E-state index in [2.05, 4.69) is 41.5 Å². The van der Waals surface area contributed by atoms with E-state index in [1.54, 1.807) is 17.5 Å². The number of rotatable bonds is 6. The summed E-state index contributed by atoms with van der Waals surface area (Å²) < 4.78 is 0. The van der Waals surface area contributed by atoms with Crippen molar-refractivity contribution in [2.75, 3.05) is 0 Å². The van der Waals surface area contributed by atoms with Gasteiger partial charge < -0.3 is 5.32 Å². The molecule has 1 heterocycles. The molecule has 0 atom stereocenters. The Bertz CT molecular complexity index is 505. The third-order valence-electron chi connectivity index (χ3n) is 2.99. The van der Waals surface area contributed by atoms with E-state index in [4.69, 9.17) is 0 Å². The average Bonchev–Trinajstić information content (AvgIpc) is 2.96. The van der Waals surface area contributed by atoms with E-state index in [1.807, 2.05) is 5.38 Å². The number of aromatic nitrogens is 1. The van der Waals surface area contributed by atoms with Gasteiger partial charge in [-0.25, -0.2) is 4.98 Å². The molecule has 0 aliphatic rings. The third-order valence-corrected chi connectivity index (χ3v) is 3.77. The summed E-state index contributed by atoms with van der Waals surface area (Å²) in [6.07, 6.45) is 4.11. The fourth-order valence-electron chi connectivity index (χ4n) is 1.80. The van der Waals surface area contributed by atoms with Gasteiger partial charge in [0.15, 0.2) is 0 Å². The first-order chi connectivity index (χ1) is 9.28. The summed E-state index contributed by atoms with van der Waals surface area (Å²) in [4.78, 5) is 15.8. The van der Waals surface area contributed by atoms with Crippen molar-refractivity contribution >= 4 is 17.2 Å². The third kappa shape index (κ3) is 4.48. The van der Waals surface area contributed by atoms with Crippen LogP contribution in [0.3, 0.4) is 0 Å². The van der Waals surface area contributed by atoms with Gasteiger partial charge in [0.05, 0.1) is 6.54 Å². The summed E-state index contributed by atoms with van der Waals surface area (Å²) in [6.45, 7) is 2.67. The van der Waals surface area contributed by atoms with Crippen molar-refractivity contribution < 1.29 is 4.79 Å². The van der Waals surface area contributed by atoms with Crippen LogP contribution in [-0.4, -0.2) is 10.9 Å². The zero-order chi connectivity index (χ0) is 13.5. The minimum absolute atomic E-state index is 0.0785. The Kier molecular flexibility index (Phi) is 5.10. The van der Waals surface area contributed by atoms with Crippen LogP contribution in [0.15, 0.2) is 35.8 Å².